The van der Waals surface area contributed by atoms with Gasteiger partial charge in [-0.25, -0.2) is 4.98 Å². The summed E-state index contributed by atoms with van der Waals surface area (Å²) in [4.78, 5) is 4.46. The van der Waals surface area contributed by atoms with E-state index in [1.165, 1.54) is 7.11 Å². The van der Waals surface area contributed by atoms with E-state index in [0.29, 0.717) is 16.8 Å². The van der Waals surface area contributed by atoms with E-state index in [-0.39, 0.29) is 5.75 Å². The summed E-state index contributed by atoms with van der Waals surface area (Å²) in [6.45, 7) is 0.544. The summed E-state index contributed by atoms with van der Waals surface area (Å²) in [6.07, 6.45) is 1.83. The van der Waals surface area contributed by atoms with Crippen LogP contribution in [0.3, 0.4) is 0 Å². The number of hydrogen-bond donors (Lipinski definition) is 2. The Morgan fingerprint density at radius 3 is 2.54 bits per heavy atom. The van der Waals surface area contributed by atoms with Crippen LogP contribution >= 0.6 is 15.9 Å². The number of aromatic hydroxyl groups is 1. The molecule has 0 radical (unpaired) electrons. The van der Waals surface area contributed by atoms with Gasteiger partial charge in [0.15, 0.2) is 11.5 Å². The van der Waals surface area contributed by atoms with Gasteiger partial charge in [-0.05, 0) is 57.9 Å². The maximum atomic E-state index is 9.90. The first-order valence-corrected chi connectivity index (χ1v) is 8.78. The SMILES string of the molecule is COc1ccc(-c2cnc(NCc3cc(Br)c(O)c(OC)c3)n2C)cc1. The highest BCUT2D eigenvalue weighted by molar-refractivity contribution is 9.10. The molecule has 0 atom stereocenters. The van der Waals surface area contributed by atoms with E-state index >= 15 is 0 Å². The number of nitrogens with zero attached hydrogens (tertiary/aromatic N) is 2. The number of anilines is 1. The molecule has 7 heteroatoms. The van der Waals surface area contributed by atoms with Gasteiger partial charge < -0.3 is 24.5 Å². The molecular formula is C19H20BrN3O3. The molecule has 0 aliphatic heterocycles. The second kappa shape index (κ2) is 7.70. The fraction of sp³-hybridized carbons (Fsp3) is 0.211. The molecule has 3 rings (SSSR count). The number of imidazole rings is 1. The number of hydrogen-bond acceptors (Lipinski definition) is 5. The average Bonchev–Trinajstić information content (AvgIpc) is 3.03. The lowest BCUT2D eigenvalue weighted by Gasteiger charge is -2.11. The van der Waals surface area contributed by atoms with Gasteiger partial charge in [0.25, 0.3) is 0 Å². The van der Waals surface area contributed by atoms with Crippen LogP contribution in [0.2, 0.25) is 0 Å². The van der Waals surface area contributed by atoms with Crippen molar-refractivity contribution in [1.29, 1.82) is 0 Å². The Bertz CT molecular complexity index is 907. The number of ether oxygens (including phenoxy) is 2. The van der Waals surface area contributed by atoms with Gasteiger partial charge in [-0.15, -0.1) is 0 Å². The van der Waals surface area contributed by atoms with Gasteiger partial charge >= 0.3 is 0 Å². The van der Waals surface area contributed by atoms with Crippen molar-refractivity contribution in [2.45, 2.75) is 6.54 Å². The number of benzene rings is 2. The van der Waals surface area contributed by atoms with Crippen LogP contribution in [0.4, 0.5) is 5.95 Å². The number of aromatic nitrogens is 2. The Kier molecular flexibility index (Phi) is 5.37. The normalized spacial score (nSPS) is 10.6. The van der Waals surface area contributed by atoms with Gasteiger partial charge in [0.1, 0.15) is 5.75 Å². The van der Waals surface area contributed by atoms with Gasteiger partial charge in [-0.1, -0.05) is 0 Å². The highest BCUT2D eigenvalue weighted by atomic mass is 79.9. The predicted octanol–water partition coefficient (Wildman–Crippen LogP) is 4.18. The summed E-state index contributed by atoms with van der Waals surface area (Å²) in [5.74, 6) is 2.09. The van der Waals surface area contributed by atoms with Crippen LogP contribution < -0.4 is 14.8 Å². The Morgan fingerprint density at radius 2 is 1.88 bits per heavy atom. The van der Waals surface area contributed by atoms with E-state index in [9.17, 15) is 5.11 Å². The van der Waals surface area contributed by atoms with Gasteiger partial charge in [0.05, 0.1) is 30.6 Å². The molecule has 0 bridgehead atoms. The Morgan fingerprint density at radius 1 is 1.15 bits per heavy atom. The molecule has 0 saturated heterocycles. The molecule has 0 saturated carbocycles. The fourth-order valence-corrected chi connectivity index (χ4v) is 3.16. The monoisotopic (exact) mass is 417 g/mol. The van der Waals surface area contributed by atoms with E-state index in [1.54, 1.807) is 13.2 Å². The third-order valence-corrected chi connectivity index (χ3v) is 4.74. The van der Waals surface area contributed by atoms with Gasteiger partial charge in [-0.2, -0.15) is 0 Å². The quantitative estimate of drug-likeness (QED) is 0.629. The van der Waals surface area contributed by atoms with Gasteiger partial charge in [-0.3, -0.25) is 0 Å². The topological polar surface area (TPSA) is 68.5 Å². The summed E-state index contributed by atoms with van der Waals surface area (Å²) in [7, 11) is 5.14. The highest BCUT2D eigenvalue weighted by Gasteiger charge is 2.11. The van der Waals surface area contributed by atoms with E-state index in [0.717, 1.165) is 28.5 Å². The molecule has 0 unspecified atom stereocenters. The number of nitrogens with one attached hydrogen (secondary N) is 1. The van der Waals surface area contributed by atoms with Gasteiger partial charge in [0, 0.05) is 19.2 Å². The third kappa shape index (κ3) is 3.62. The maximum absolute atomic E-state index is 9.90. The van der Waals surface area contributed by atoms with Crippen LogP contribution in [-0.2, 0) is 13.6 Å². The number of phenolic OH excluding ortho intramolecular Hbond substituents is 1. The molecule has 26 heavy (non-hydrogen) atoms. The van der Waals surface area contributed by atoms with Crippen LogP contribution in [0.25, 0.3) is 11.3 Å². The fourth-order valence-electron chi connectivity index (χ4n) is 2.67. The number of rotatable bonds is 6. The van der Waals surface area contributed by atoms with E-state index in [1.807, 2.05) is 48.1 Å². The van der Waals surface area contributed by atoms with Crippen molar-refractivity contribution in [3.05, 3.63) is 52.6 Å². The van der Waals surface area contributed by atoms with Crippen LogP contribution in [0.5, 0.6) is 17.2 Å². The third-order valence-electron chi connectivity index (χ3n) is 4.13. The lowest BCUT2D eigenvalue weighted by atomic mass is 10.1. The Labute approximate surface area is 160 Å². The molecular weight excluding hydrogens is 398 g/mol. The summed E-state index contributed by atoms with van der Waals surface area (Å²) >= 11 is 3.34. The van der Waals surface area contributed by atoms with Crippen molar-refractivity contribution in [2.24, 2.45) is 7.05 Å². The molecule has 0 fully saturated rings. The van der Waals surface area contributed by atoms with E-state index < -0.39 is 0 Å². The Balaban J connectivity index is 1.77. The number of phenols is 1. The molecule has 136 valence electrons. The zero-order valence-electron chi connectivity index (χ0n) is 14.8. The smallest absolute Gasteiger partial charge is 0.203 e. The minimum Gasteiger partial charge on any atom is -0.503 e. The summed E-state index contributed by atoms with van der Waals surface area (Å²) in [6, 6.07) is 11.5. The second-order valence-corrected chi connectivity index (χ2v) is 6.59. The molecule has 0 aliphatic carbocycles. The van der Waals surface area contributed by atoms with Crippen molar-refractivity contribution in [1.82, 2.24) is 9.55 Å². The lowest BCUT2D eigenvalue weighted by molar-refractivity contribution is 0.371. The van der Waals surface area contributed by atoms with Crippen LogP contribution in [0, 0.1) is 0 Å². The number of methoxy groups -OCH3 is 2. The first kappa shape index (κ1) is 18.1. The first-order chi connectivity index (χ1) is 12.5. The zero-order chi connectivity index (χ0) is 18.7. The lowest BCUT2D eigenvalue weighted by Crippen LogP contribution is -2.06. The van der Waals surface area contributed by atoms with E-state index in [4.69, 9.17) is 9.47 Å². The standard InChI is InChI=1S/C19H20BrN3O3/c1-23-16(13-4-6-14(25-2)7-5-13)11-22-19(23)21-10-12-8-15(20)18(24)17(9-12)26-3/h4-9,11,24H,10H2,1-3H3,(H,21,22). The van der Waals surface area contributed by atoms with Crippen LogP contribution in [-0.4, -0.2) is 28.9 Å². The van der Waals surface area contributed by atoms with E-state index in [2.05, 4.69) is 26.2 Å². The molecule has 1 heterocycles. The summed E-state index contributed by atoms with van der Waals surface area (Å²) in [5.41, 5.74) is 3.02. The molecule has 6 nitrogen and oxygen atoms in total. The van der Waals surface area contributed by atoms with Crippen molar-refractivity contribution in [3.8, 4) is 28.5 Å². The minimum atomic E-state index is 0.0926. The molecule has 0 aliphatic rings. The molecule has 0 amide bonds. The van der Waals surface area contributed by atoms with Crippen molar-refractivity contribution >= 4 is 21.9 Å². The minimum absolute atomic E-state index is 0.0926. The largest absolute Gasteiger partial charge is 0.503 e. The van der Waals surface area contributed by atoms with Crippen LogP contribution in [0.15, 0.2) is 47.1 Å². The molecule has 2 N–H and O–H groups in total. The van der Waals surface area contributed by atoms with Crippen molar-refractivity contribution in [3.63, 3.8) is 0 Å². The zero-order valence-corrected chi connectivity index (χ0v) is 16.4. The first-order valence-electron chi connectivity index (χ1n) is 7.99. The van der Waals surface area contributed by atoms with Crippen LogP contribution in [0.1, 0.15) is 5.56 Å². The molecule has 0 spiro atoms. The predicted molar refractivity (Wildman–Crippen MR) is 105 cm³/mol. The van der Waals surface area contributed by atoms with Gasteiger partial charge in [0.2, 0.25) is 5.95 Å². The summed E-state index contributed by atoms with van der Waals surface area (Å²) in [5, 5.41) is 13.2. The van der Waals surface area contributed by atoms with Crippen molar-refractivity contribution < 1.29 is 14.6 Å². The number of halogens is 1. The molecule has 2 aromatic carbocycles. The molecule has 1 aromatic heterocycles. The van der Waals surface area contributed by atoms with Crippen molar-refractivity contribution in [2.75, 3.05) is 19.5 Å². The highest BCUT2D eigenvalue weighted by Crippen LogP contribution is 2.35. The molecule has 3 aromatic rings. The average molecular weight is 418 g/mol. The summed E-state index contributed by atoms with van der Waals surface area (Å²) < 4.78 is 13.0. The Hall–Kier alpha value is -2.67. The second-order valence-electron chi connectivity index (χ2n) is 5.74. The maximum Gasteiger partial charge on any atom is 0.203 e.